The Labute approximate surface area is 114 Å². The molecule has 1 aromatic heterocycles. The lowest BCUT2D eigenvalue weighted by molar-refractivity contribution is 0.0996. The quantitative estimate of drug-likeness (QED) is 0.904. The number of rotatable bonds is 4. The predicted molar refractivity (Wildman–Crippen MR) is 70.6 cm³/mol. The molecule has 0 saturated carbocycles. The molecule has 0 aliphatic heterocycles. The standard InChI is InChI=1S/C13H12ClNO4/c1-18-10-3-2-9(6-8(10)7-16)15-13(17)11-4-5-12(14)19-11/h2-6,16H,7H2,1H3,(H,15,17). The summed E-state index contributed by atoms with van der Waals surface area (Å²) in [6.45, 7) is -0.181. The van der Waals surface area contributed by atoms with Gasteiger partial charge in [0.15, 0.2) is 11.0 Å². The van der Waals surface area contributed by atoms with Crippen LogP contribution in [-0.2, 0) is 6.61 Å². The van der Waals surface area contributed by atoms with Crippen LogP contribution in [0.3, 0.4) is 0 Å². The van der Waals surface area contributed by atoms with Crippen molar-refractivity contribution in [2.75, 3.05) is 12.4 Å². The van der Waals surface area contributed by atoms with Gasteiger partial charge in [-0.2, -0.15) is 0 Å². The Morgan fingerprint density at radius 1 is 1.42 bits per heavy atom. The van der Waals surface area contributed by atoms with E-state index in [0.717, 1.165) is 0 Å². The number of ether oxygens (including phenoxy) is 1. The van der Waals surface area contributed by atoms with E-state index in [9.17, 15) is 9.90 Å². The number of halogens is 1. The fourth-order valence-electron chi connectivity index (χ4n) is 1.61. The third-order valence-electron chi connectivity index (χ3n) is 2.51. The first kappa shape index (κ1) is 13.5. The normalized spacial score (nSPS) is 10.3. The minimum atomic E-state index is -0.416. The molecule has 0 fully saturated rings. The Bertz CT molecular complexity index is 594. The van der Waals surface area contributed by atoms with E-state index in [1.54, 1.807) is 18.2 Å². The van der Waals surface area contributed by atoms with E-state index in [-0.39, 0.29) is 17.6 Å². The molecule has 2 aromatic rings. The molecule has 1 aromatic carbocycles. The van der Waals surface area contributed by atoms with Crippen molar-refractivity contribution < 1.29 is 19.1 Å². The summed E-state index contributed by atoms with van der Waals surface area (Å²) in [5, 5.41) is 12.0. The van der Waals surface area contributed by atoms with Gasteiger partial charge in [0, 0.05) is 11.3 Å². The molecule has 0 atom stereocenters. The highest BCUT2D eigenvalue weighted by Crippen LogP contribution is 2.23. The first-order valence-corrected chi connectivity index (χ1v) is 5.86. The van der Waals surface area contributed by atoms with E-state index < -0.39 is 5.91 Å². The molecule has 0 aliphatic rings. The number of carbonyl (C=O) groups excluding carboxylic acids is 1. The molecule has 0 saturated heterocycles. The number of nitrogens with one attached hydrogen (secondary N) is 1. The molecule has 100 valence electrons. The highest BCUT2D eigenvalue weighted by Gasteiger charge is 2.12. The van der Waals surface area contributed by atoms with Gasteiger partial charge in [0.25, 0.3) is 5.91 Å². The monoisotopic (exact) mass is 281 g/mol. The number of aliphatic hydroxyl groups excluding tert-OH is 1. The van der Waals surface area contributed by atoms with E-state index in [1.165, 1.54) is 19.2 Å². The van der Waals surface area contributed by atoms with Crippen molar-refractivity contribution in [2.24, 2.45) is 0 Å². The van der Waals surface area contributed by atoms with Crippen LogP contribution in [0.2, 0.25) is 5.22 Å². The summed E-state index contributed by atoms with van der Waals surface area (Å²) in [5.41, 5.74) is 1.11. The van der Waals surface area contributed by atoms with Crippen molar-refractivity contribution >= 4 is 23.2 Å². The number of carbonyl (C=O) groups is 1. The van der Waals surface area contributed by atoms with Crippen LogP contribution in [-0.4, -0.2) is 18.1 Å². The number of methoxy groups -OCH3 is 1. The van der Waals surface area contributed by atoms with E-state index in [2.05, 4.69) is 5.32 Å². The number of hydrogen-bond acceptors (Lipinski definition) is 4. The average Bonchev–Trinajstić information content (AvgIpc) is 2.85. The number of furan rings is 1. The lowest BCUT2D eigenvalue weighted by Crippen LogP contribution is -2.11. The topological polar surface area (TPSA) is 71.7 Å². The van der Waals surface area contributed by atoms with Crippen molar-refractivity contribution in [2.45, 2.75) is 6.61 Å². The number of anilines is 1. The van der Waals surface area contributed by atoms with Gasteiger partial charge in [-0.1, -0.05) is 0 Å². The molecule has 2 N–H and O–H groups in total. The Kier molecular flexibility index (Phi) is 4.09. The SMILES string of the molecule is COc1ccc(NC(=O)c2ccc(Cl)o2)cc1CO. The first-order chi connectivity index (χ1) is 9.13. The van der Waals surface area contributed by atoms with Gasteiger partial charge >= 0.3 is 0 Å². The maximum Gasteiger partial charge on any atom is 0.291 e. The second-order valence-electron chi connectivity index (χ2n) is 3.74. The molecule has 0 radical (unpaired) electrons. The van der Waals surface area contributed by atoms with Crippen LogP contribution >= 0.6 is 11.6 Å². The Morgan fingerprint density at radius 3 is 2.79 bits per heavy atom. The number of amides is 1. The maximum absolute atomic E-state index is 11.8. The highest BCUT2D eigenvalue weighted by atomic mass is 35.5. The van der Waals surface area contributed by atoms with Crippen molar-refractivity contribution in [3.8, 4) is 5.75 Å². The average molecular weight is 282 g/mol. The van der Waals surface area contributed by atoms with E-state index in [0.29, 0.717) is 17.0 Å². The van der Waals surface area contributed by atoms with Crippen LogP contribution in [0.1, 0.15) is 16.1 Å². The summed E-state index contributed by atoms with van der Waals surface area (Å²) < 4.78 is 10.1. The van der Waals surface area contributed by atoms with Gasteiger partial charge in [-0.3, -0.25) is 4.79 Å². The lowest BCUT2D eigenvalue weighted by atomic mass is 10.2. The molecule has 6 heteroatoms. The van der Waals surface area contributed by atoms with Gasteiger partial charge in [-0.15, -0.1) is 0 Å². The summed E-state index contributed by atoms with van der Waals surface area (Å²) in [7, 11) is 1.51. The van der Waals surface area contributed by atoms with E-state index in [4.69, 9.17) is 20.8 Å². The smallest absolute Gasteiger partial charge is 0.291 e. The summed E-state index contributed by atoms with van der Waals surface area (Å²) in [6, 6.07) is 7.93. The first-order valence-electron chi connectivity index (χ1n) is 5.48. The minimum Gasteiger partial charge on any atom is -0.496 e. The molecule has 1 heterocycles. The lowest BCUT2D eigenvalue weighted by Gasteiger charge is -2.09. The summed E-state index contributed by atoms with van der Waals surface area (Å²) in [5.74, 6) is 0.258. The largest absolute Gasteiger partial charge is 0.496 e. The fourth-order valence-corrected chi connectivity index (χ4v) is 1.76. The van der Waals surface area contributed by atoms with Gasteiger partial charge in [0.2, 0.25) is 0 Å². The number of aliphatic hydroxyl groups is 1. The summed E-state index contributed by atoms with van der Waals surface area (Å²) in [4.78, 5) is 11.8. The molecular weight excluding hydrogens is 270 g/mol. The van der Waals surface area contributed by atoms with Crippen LogP contribution in [0.5, 0.6) is 5.75 Å². The zero-order chi connectivity index (χ0) is 13.8. The van der Waals surface area contributed by atoms with Gasteiger partial charge in [-0.05, 0) is 41.9 Å². The van der Waals surface area contributed by atoms with Gasteiger partial charge < -0.3 is 19.6 Å². The van der Waals surface area contributed by atoms with Gasteiger partial charge in [0.05, 0.1) is 13.7 Å². The summed E-state index contributed by atoms with van der Waals surface area (Å²) >= 11 is 5.60. The van der Waals surface area contributed by atoms with Crippen molar-refractivity contribution in [1.82, 2.24) is 0 Å². The van der Waals surface area contributed by atoms with Crippen molar-refractivity contribution in [3.63, 3.8) is 0 Å². The third kappa shape index (κ3) is 3.07. The number of benzene rings is 1. The Balaban J connectivity index is 2.17. The number of hydrogen-bond donors (Lipinski definition) is 2. The maximum atomic E-state index is 11.8. The molecule has 0 aliphatic carbocycles. The van der Waals surface area contributed by atoms with Gasteiger partial charge in [-0.25, -0.2) is 0 Å². The van der Waals surface area contributed by atoms with Crippen molar-refractivity contribution in [1.29, 1.82) is 0 Å². The van der Waals surface area contributed by atoms with Crippen LogP contribution < -0.4 is 10.1 Å². The molecule has 1 amide bonds. The zero-order valence-electron chi connectivity index (χ0n) is 10.1. The molecule has 5 nitrogen and oxygen atoms in total. The fraction of sp³-hybridized carbons (Fsp3) is 0.154. The van der Waals surface area contributed by atoms with E-state index >= 15 is 0 Å². The second kappa shape index (κ2) is 5.77. The molecule has 19 heavy (non-hydrogen) atoms. The second-order valence-corrected chi connectivity index (χ2v) is 4.12. The van der Waals surface area contributed by atoms with Crippen LogP contribution in [0.15, 0.2) is 34.7 Å². The summed E-state index contributed by atoms with van der Waals surface area (Å²) in [6.07, 6.45) is 0. The predicted octanol–water partition coefficient (Wildman–Crippen LogP) is 2.69. The molecule has 0 spiro atoms. The van der Waals surface area contributed by atoms with E-state index in [1.807, 2.05) is 0 Å². The van der Waals surface area contributed by atoms with Crippen LogP contribution in [0.4, 0.5) is 5.69 Å². The Morgan fingerprint density at radius 2 is 2.21 bits per heavy atom. The van der Waals surface area contributed by atoms with Crippen LogP contribution in [0, 0.1) is 0 Å². The zero-order valence-corrected chi connectivity index (χ0v) is 10.9. The molecular formula is C13H12ClNO4. The van der Waals surface area contributed by atoms with Crippen molar-refractivity contribution in [3.05, 3.63) is 46.9 Å². The molecule has 0 bridgehead atoms. The third-order valence-corrected chi connectivity index (χ3v) is 2.71. The molecule has 2 rings (SSSR count). The van der Waals surface area contributed by atoms with Gasteiger partial charge in [0.1, 0.15) is 5.75 Å². The molecule has 0 unspecified atom stereocenters. The minimum absolute atomic E-state index is 0.117. The van der Waals surface area contributed by atoms with Crippen LogP contribution in [0.25, 0.3) is 0 Å². The highest BCUT2D eigenvalue weighted by molar-refractivity contribution is 6.29. The Hall–Kier alpha value is -1.98.